The summed E-state index contributed by atoms with van der Waals surface area (Å²) < 4.78 is 26.6. The fourth-order valence-electron chi connectivity index (χ4n) is 3.67. The number of hydrogen-bond donors (Lipinski definition) is 2. The van der Waals surface area contributed by atoms with Gasteiger partial charge >= 0.3 is 0 Å². The van der Waals surface area contributed by atoms with E-state index in [-0.39, 0.29) is 22.8 Å². The van der Waals surface area contributed by atoms with Crippen molar-refractivity contribution in [1.29, 1.82) is 0 Å². The number of halogens is 2. The Hall–Kier alpha value is -2.02. The zero-order valence-corrected chi connectivity index (χ0v) is 13.8. The van der Waals surface area contributed by atoms with E-state index in [0.29, 0.717) is 22.4 Å². The van der Waals surface area contributed by atoms with Gasteiger partial charge in [0, 0.05) is 6.42 Å². The lowest BCUT2D eigenvalue weighted by atomic mass is 9.65. The Morgan fingerprint density at radius 3 is 2.71 bits per heavy atom. The minimum Gasteiger partial charge on any atom is -0.390 e. The van der Waals surface area contributed by atoms with Crippen molar-refractivity contribution in [2.75, 3.05) is 5.73 Å². The molecule has 3 rings (SSSR count). The number of Topliss-reactive ketones (excluding diaryl/α,β-unsaturated/α-hetero) is 1. The van der Waals surface area contributed by atoms with E-state index >= 15 is 0 Å². The third-order valence-electron chi connectivity index (χ3n) is 4.77. The highest BCUT2D eigenvalue weighted by molar-refractivity contribution is 7.18. The van der Waals surface area contributed by atoms with Gasteiger partial charge in [-0.15, -0.1) is 11.3 Å². The topological polar surface area (TPSA) is 86.2 Å². The lowest BCUT2D eigenvalue weighted by molar-refractivity contribution is 0.0577. The van der Waals surface area contributed by atoms with Crippen molar-refractivity contribution in [3.63, 3.8) is 0 Å². The van der Waals surface area contributed by atoms with E-state index in [4.69, 9.17) is 11.5 Å². The van der Waals surface area contributed by atoms with Gasteiger partial charge in [-0.3, -0.25) is 9.59 Å². The molecule has 0 bridgehead atoms. The smallest absolute Gasteiger partial charge is 0.251 e. The first kappa shape index (κ1) is 16.8. The van der Waals surface area contributed by atoms with Gasteiger partial charge in [0.05, 0.1) is 20.9 Å². The van der Waals surface area contributed by atoms with Gasteiger partial charge in [0.2, 0.25) is 6.43 Å². The van der Waals surface area contributed by atoms with Crippen LogP contribution in [0.5, 0.6) is 0 Å². The van der Waals surface area contributed by atoms with E-state index < -0.39 is 24.2 Å². The van der Waals surface area contributed by atoms with Crippen molar-refractivity contribution >= 4 is 28.0 Å². The van der Waals surface area contributed by atoms with Crippen LogP contribution >= 0.6 is 11.3 Å². The molecule has 2 aliphatic rings. The van der Waals surface area contributed by atoms with Crippen LogP contribution in [0.3, 0.4) is 0 Å². The zero-order valence-electron chi connectivity index (χ0n) is 13.0. The van der Waals surface area contributed by atoms with Crippen LogP contribution in [0.15, 0.2) is 23.8 Å². The highest BCUT2D eigenvalue weighted by Crippen LogP contribution is 2.50. The van der Waals surface area contributed by atoms with Gasteiger partial charge in [0.1, 0.15) is 0 Å². The van der Waals surface area contributed by atoms with Crippen LogP contribution in [0.1, 0.15) is 51.3 Å². The van der Waals surface area contributed by atoms with Gasteiger partial charge in [-0.25, -0.2) is 8.78 Å². The molecule has 1 heterocycles. The number of anilines is 1. The summed E-state index contributed by atoms with van der Waals surface area (Å²) in [5, 5.41) is 0.182. The summed E-state index contributed by atoms with van der Waals surface area (Å²) >= 11 is 0.978. The normalized spacial score (nSPS) is 23.3. The quantitative estimate of drug-likeness (QED) is 0.870. The molecule has 1 aromatic heterocycles. The second kappa shape index (κ2) is 6.12. The number of allylic oxidation sites excluding steroid dienone is 4. The number of carbonyl (C=O) groups excluding carboxylic acids is 2. The number of rotatable bonds is 4. The van der Waals surface area contributed by atoms with Crippen LogP contribution in [-0.2, 0) is 6.42 Å². The van der Waals surface area contributed by atoms with Gasteiger partial charge in [-0.05, 0) is 36.8 Å². The van der Waals surface area contributed by atoms with Gasteiger partial charge in [-0.2, -0.15) is 0 Å². The van der Waals surface area contributed by atoms with E-state index in [1.165, 1.54) is 0 Å². The lowest BCUT2D eigenvalue weighted by Gasteiger charge is -2.37. The molecule has 0 aliphatic heterocycles. The zero-order chi connectivity index (χ0) is 17.5. The van der Waals surface area contributed by atoms with Gasteiger partial charge in [0.25, 0.3) is 5.91 Å². The first-order valence-corrected chi connectivity index (χ1v) is 8.59. The average Bonchev–Trinajstić information content (AvgIpc) is 2.88. The van der Waals surface area contributed by atoms with E-state index in [0.717, 1.165) is 24.2 Å². The fraction of sp³-hybridized carbons (Fsp3) is 0.412. The summed E-state index contributed by atoms with van der Waals surface area (Å²) in [6.45, 7) is 0. The molecule has 2 aliphatic carbocycles. The number of alkyl halides is 2. The molecule has 1 amide bonds. The predicted octanol–water partition coefficient (Wildman–Crippen LogP) is 3.48. The molecule has 1 unspecified atom stereocenters. The van der Waals surface area contributed by atoms with E-state index in [1.54, 1.807) is 6.08 Å². The molecule has 7 heteroatoms. The Morgan fingerprint density at radius 1 is 1.38 bits per heavy atom. The Balaban J connectivity index is 2.12. The summed E-state index contributed by atoms with van der Waals surface area (Å²) in [5.74, 6) is -1.05. The summed E-state index contributed by atoms with van der Waals surface area (Å²) in [5.41, 5.74) is 11.3. The molecule has 4 nitrogen and oxygen atoms in total. The first-order valence-electron chi connectivity index (χ1n) is 7.78. The summed E-state index contributed by atoms with van der Waals surface area (Å²) in [6.07, 6.45) is 4.58. The molecule has 0 aromatic carbocycles. The highest BCUT2D eigenvalue weighted by atomic mass is 32.1. The Kier molecular flexibility index (Phi) is 4.29. The van der Waals surface area contributed by atoms with Crippen LogP contribution in [-0.4, -0.2) is 18.1 Å². The number of hydrogen-bond acceptors (Lipinski definition) is 4. The minimum absolute atomic E-state index is 0.169. The molecule has 24 heavy (non-hydrogen) atoms. The van der Waals surface area contributed by atoms with Gasteiger partial charge in [-0.1, -0.05) is 18.2 Å². The number of nitrogens with two attached hydrogens (primary N) is 2. The highest BCUT2D eigenvalue weighted by Gasteiger charge is 2.48. The molecule has 0 spiro atoms. The number of amides is 1. The van der Waals surface area contributed by atoms with Crippen LogP contribution in [0.2, 0.25) is 0 Å². The lowest BCUT2D eigenvalue weighted by Crippen LogP contribution is -2.39. The second-order valence-corrected chi connectivity index (χ2v) is 7.21. The summed E-state index contributed by atoms with van der Waals surface area (Å²) in [6, 6.07) is 0. The second-order valence-electron chi connectivity index (χ2n) is 6.16. The third-order valence-corrected chi connectivity index (χ3v) is 5.83. The van der Waals surface area contributed by atoms with E-state index in [1.807, 2.05) is 12.2 Å². The standard InChI is InChI=1S/C17H18F2N2O2S/c18-11(19)8-17(9-4-2-1-3-5-9)7-6-10-12(15(20)23)16(21)24-13(10)14(17)22/h2,4-5,11H,1,3,6-8,21H2,(H2,20,23). The number of carbonyl (C=O) groups is 2. The molecule has 1 aromatic rings. The molecule has 0 saturated carbocycles. The Labute approximate surface area is 142 Å². The molecule has 4 N–H and O–H groups in total. The third kappa shape index (κ3) is 2.56. The van der Waals surface area contributed by atoms with Crippen LogP contribution in [0, 0.1) is 5.41 Å². The molecular formula is C17H18F2N2O2S. The van der Waals surface area contributed by atoms with Crippen molar-refractivity contribution in [3.8, 4) is 0 Å². The monoisotopic (exact) mass is 352 g/mol. The molecule has 0 fully saturated rings. The van der Waals surface area contributed by atoms with E-state index in [9.17, 15) is 18.4 Å². The maximum atomic E-state index is 13.3. The van der Waals surface area contributed by atoms with Gasteiger partial charge in [0.15, 0.2) is 5.78 Å². The number of thiophene rings is 1. The minimum atomic E-state index is -2.60. The summed E-state index contributed by atoms with van der Waals surface area (Å²) in [4.78, 5) is 25.1. The Bertz CT molecular complexity index is 767. The number of ketones is 1. The number of nitrogen functional groups attached to an aromatic ring is 1. The molecule has 128 valence electrons. The summed E-state index contributed by atoms with van der Waals surface area (Å²) in [7, 11) is 0. The van der Waals surface area contributed by atoms with Crippen LogP contribution < -0.4 is 11.5 Å². The first-order chi connectivity index (χ1) is 11.4. The molecule has 1 atom stereocenters. The SMILES string of the molecule is NC(=O)c1c(N)sc2c1CCC(CC(F)F)(C1=CCCC=C1)C2=O. The van der Waals surface area contributed by atoms with Crippen molar-refractivity contribution in [2.24, 2.45) is 11.1 Å². The van der Waals surface area contributed by atoms with Crippen molar-refractivity contribution in [3.05, 3.63) is 39.8 Å². The van der Waals surface area contributed by atoms with Crippen molar-refractivity contribution in [1.82, 2.24) is 0 Å². The van der Waals surface area contributed by atoms with E-state index in [2.05, 4.69) is 0 Å². The Morgan fingerprint density at radius 2 is 2.12 bits per heavy atom. The maximum absolute atomic E-state index is 13.3. The fourth-order valence-corrected chi connectivity index (χ4v) is 4.83. The van der Waals surface area contributed by atoms with Crippen molar-refractivity contribution < 1.29 is 18.4 Å². The number of primary amides is 1. The maximum Gasteiger partial charge on any atom is 0.251 e. The van der Waals surface area contributed by atoms with Crippen LogP contribution in [0.25, 0.3) is 0 Å². The molecule has 0 saturated heterocycles. The predicted molar refractivity (Wildman–Crippen MR) is 89.4 cm³/mol. The molecular weight excluding hydrogens is 334 g/mol. The van der Waals surface area contributed by atoms with Crippen molar-refractivity contribution in [2.45, 2.75) is 38.5 Å². The van der Waals surface area contributed by atoms with Crippen LogP contribution in [0.4, 0.5) is 13.8 Å². The average molecular weight is 352 g/mol. The van der Waals surface area contributed by atoms with Gasteiger partial charge < -0.3 is 11.5 Å². The molecule has 0 radical (unpaired) electrons. The largest absolute Gasteiger partial charge is 0.390 e. The number of fused-ring (bicyclic) bond motifs is 1.